The van der Waals surface area contributed by atoms with Gasteiger partial charge >= 0.3 is 0 Å². The van der Waals surface area contributed by atoms with Crippen molar-refractivity contribution < 1.29 is 19.6 Å². The monoisotopic (exact) mass is 322 g/mol. The van der Waals surface area contributed by atoms with Crippen molar-refractivity contribution in [3.63, 3.8) is 0 Å². The molecule has 22 heavy (non-hydrogen) atoms. The van der Waals surface area contributed by atoms with Crippen LogP contribution < -0.4 is 9.84 Å². The Morgan fingerprint density at radius 2 is 1.95 bits per heavy atom. The minimum atomic E-state index is -0.638. The van der Waals surface area contributed by atoms with Gasteiger partial charge in [0.2, 0.25) is 0 Å². The number of thiocarbonyl (C=S) groups is 1. The van der Waals surface area contributed by atoms with Crippen LogP contribution in [-0.4, -0.2) is 46.9 Å². The van der Waals surface area contributed by atoms with Crippen LogP contribution in [0.4, 0.5) is 5.69 Å². The normalized spacial score (nSPS) is 16.6. The summed E-state index contributed by atoms with van der Waals surface area (Å²) in [7, 11) is 4.33. The van der Waals surface area contributed by atoms with Gasteiger partial charge in [-0.3, -0.25) is 19.8 Å². The molecule has 1 aromatic carbocycles. The van der Waals surface area contributed by atoms with Crippen molar-refractivity contribution in [1.82, 2.24) is 9.80 Å². The predicted molar refractivity (Wildman–Crippen MR) is 80.2 cm³/mol. The van der Waals surface area contributed by atoms with Crippen LogP contribution in [0, 0.1) is 10.1 Å². The maximum Gasteiger partial charge on any atom is 0.276 e. The molecule has 1 aliphatic heterocycles. The summed E-state index contributed by atoms with van der Waals surface area (Å²) >= 11 is 5.06. The largest absolute Gasteiger partial charge is 0.870 e. The Hall–Kier alpha value is -2.68. The van der Waals surface area contributed by atoms with Crippen LogP contribution >= 0.6 is 12.2 Å². The molecule has 0 saturated carbocycles. The summed E-state index contributed by atoms with van der Waals surface area (Å²) in [6.45, 7) is 0. The van der Waals surface area contributed by atoms with Gasteiger partial charge in [0, 0.05) is 20.2 Å². The summed E-state index contributed by atoms with van der Waals surface area (Å²) in [5, 5.41) is 23.4. The molecule has 1 heterocycles. The topological polar surface area (TPSA) is 99.0 Å². The maximum absolute atomic E-state index is 12.2. The first-order chi connectivity index (χ1) is 10.3. The lowest BCUT2D eigenvalue weighted by Gasteiger charge is -2.16. The molecule has 0 aromatic heterocycles. The lowest BCUT2D eigenvalue weighted by atomic mass is 10.1. The van der Waals surface area contributed by atoms with Crippen molar-refractivity contribution in [3.05, 3.63) is 33.5 Å². The first-order valence-corrected chi connectivity index (χ1v) is 6.49. The van der Waals surface area contributed by atoms with Crippen LogP contribution in [0.1, 0.15) is 5.56 Å². The zero-order valence-corrected chi connectivity index (χ0v) is 12.8. The van der Waals surface area contributed by atoms with E-state index >= 15 is 0 Å². The average molecular weight is 322 g/mol. The van der Waals surface area contributed by atoms with E-state index in [-0.39, 0.29) is 27.8 Å². The summed E-state index contributed by atoms with van der Waals surface area (Å²) in [6, 6.07) is 2.14. The molecule has 1 saturated heterocycles. The lowest BCUT2D eigenvalue weighted by molar-refractivity contribution is -0.385. The molecule has 9 heteroatoms. The minimum absolute atomic E-state index is 0.0145. The molecule has 0 N–H and O–H groups in total. The molecule has 1 fully saturated rings. The van der Waals surface area contributed by atoms with E-state index in [0.29, 0.717) is 0 Å². The smallest absolute Gasteiger partial charge is 0.276 e. The zero-order valence-electron chi connectivity index (χ0n) is 12.0. The van der Waals surface area contributed by atoms with Crippen LogP contribution in [0.25, 0.3) is 6.08 Å². The average Bonchev–Trinajstić information content (AvgIpc) is 2.66. The molecule has 0 radical (unpaired) electrons. The van der Waals surface area contributed by atoms with Gasteiger partial charge in [-0.1, -0.05) is 5.75 Å². The number of carbonyl (C=O) groups is 1. The van der Waals surface area contributed by atoms with Crippen LogP contribution in [0.3, 0.4) is 0 Å². The summed E-state index contributed by atoms with van der Waals surface area (Å²) in [5.41, 5.74) is -0.154. The van der Waals surface area contributed by atoms with Gasteiger partial charge in [0.25, 0.3) is 11.6 Å². The fraction of sp³-hybridized carbons (Fsp3) is 0.231. The number of hydrogen-bond acceptors (Lipinski definition) is 6. The number of non-ortho nitro benzene ring substituents is 1. The van der Waals surface area contributed by atoms with Gasteiger partial charge in [-0.15, -0.1) is 0 Å². The number of likely N-dealkylation sites (N-methyl/N-ethyl adjacent to an activating group) is 2. The molecular weight excluding hydrogens is 310 g/mol. The Morgan fingerprint density at radius 3 is 2.41 bits per heavy atom. The quantitative estimate of drug-likeness (QED) is 0.350. The van der Waals surface area contributed by atoms with E-state index in [2.05, 4.69) is 0 Å². The second-order valence-electron chi connectivity index (χ2n) is 4.56. The number of methoxy groups -OCH3 is 1. The van der Waals surface area contributed by atoms with Crippen molar-refractivity contribution in [3.8, 4) is 11.5 Å². The fourth-order valence-corrected chi connectivity index (χ4v) is 2.19. The number of rotatable bonds is 3. The molecule has 2 rings (SSSR count). The molecule has 116 valence electrons. The predicted octanol–water partition coefficient (Wildman–Crippen LogP) is 0.707. The number of hydrogen-bond donors (Lipinski definition) is 0. The van der Waals surface area contributed by atoms with Gasteiger partial charge in [-0.2, -0.15) is 0 Å². The molecule has 0 spiro atoms. The summed E-state index contributed by atoms with van der Waals surface area (Å²) in [5.74, 6) is -1.09. The second kappa shape index (κ2) is 5.60. The zero-order chi connectivity index (χ0) is 16.6. The maximum atomic E-state index is 12.2. The minimum Gasteiger partial charge on any atom is -0.870 e. The third kappa shape index (κ3) is 2.46. The van der Waals surface area contributed by atoms with Crippen molar-refractivity contribution in [2.75, 3.05) is 21.2 Å². The van der Waals surface area contributed by atoms with Crippen LogP contribution in [0.5, 0.6) is 11.5 Å². The Bertz CT molecular complexity index is 716. The summed E-state index contributed by atoms with van der Waals surface area (Å²) in [6.07, 6.45) is 1.27. The Labute approximate surface area is 131 Å². The van der Waals surface area contributed by atoms with E-state index in [1.54, 1.807) is 7.05 Å². The number of nitrogens with zero attached hydrogens (tertiary/aromatic N) is 3. The third-order valence-corrected chi connectivity index (χ3v) is 3.80. The number of nitro groups is 1. The third-order valence-electron chi connectivity index (χ3n) is 3.25. The van der Waals surface area contributed by atoms with Crippen molar-refractivity contribution in [1.29, 1.82) is 0 Å². The van der Waals surface area contributed by atoms with Gasteiger partial charge in [-0.25, -0.2) is 0 Å². The summed E-state index contributed by atoms with van der Waals surface area (Å²) < 4.78 is 4.86. The van der Waals surface area contributed by atoms with E-state index in [0.717, 1.165) is 12.1 Å². The summed E-state index contributed by atoms with van der Waals surface area (Å²) in [4.78, 5) is 25.0. The number of carbonyl (C=O) groups excluding carboxylic acids is 1. The molecule has 0 atom stereocenters. The molecule has 1 aromatic rings. The first kappa shape index (κ1) is 15.7. The van der Waals surface area contributed by atoms with E-state index in [1.165, 1.54) is 30.0 Å². The van der Waals surface area contributed by atoms with E-state index in [4.69, 9.17) is 17.0 Å². The second-order valence-corrected chi connectivity index (χ2v) is 4.92. The van der Waals surface area contributed by atoms with Crippen molar-refractivity contribution >= 4 is 35.0 Å². The molecule has 0 aliphatic carbocycles. The Morgan fingerprint density at radius 1 is 1.32 bits per heavy atom. The highest BCUT2D eigenvalue weighted by atomic mass is 32.1. The van der Waals surface area contributed by atoms with Crippen molar-refractivity contribution in [2.24, 2.45) is 0 Å². The van der Waals surface area contributed by atoms with Gasteiger partial charge in [0.15, 0.2) is 5.11 Å². The first-order valence-electron chi connectivity index (χ1n) is 6.08. The van der Waals surface area contributed by atoms with Gasteiger partial charge in [0.05, 0.1) is 18.1 Å². The molecular formula is C13H12N3O5S-. The van der Waals surface area contributed by atoms with Crippen LogP contribution in [-0.2, 0) is 4.79 Å². The number of amides is 1. The van der Waals surface area contributed by atoms with Gasteiger partial charge in [0.1, 0.15) is 11.4 Å². The molecule has 0 bridgehead atoms. The highest BCUT2D eigenvalue weighted by Gasteiger charge is 2.32. The van der Waals surface area contributed by atoms with E-state index in [9.17, 15) is 20.0 Å². The van der Waals surface area contributed by atoms with Crippen LogP contribution in [0.15, 0.2) is 17.8 Å². The van der Waals surface area contributed by atoms with Crippen molar-refractivity contribution in [2.45, 2.75) is 0 Å². The highest BCUT2D eigenvalue weighted by Crippen LogP contribution is 2.34. The van der Waals surface area contributed by atoms with E-state index < -0.39 is 16.6 Å². The standard InChI is InChI=1S/C13H13N3O5S/c1-14-9(12(18)15(2)13(14)22)5-7-4-8(16(19)20)6-10(21-3)11(7)17/h4-6,17H,1-3H3/p-1/b9-5+. The highest BCUT2D eigenvalue weighted by molar-refractivity contribution is 7.80. The Kier molecular flexibility index (Phi) is 4.00. The Balaban J connectivity index is 2.60. The number of nitro benzene ring substituents is 1. The fourth-order valence-electron chi connectivity index (χ4n) is 2.01. The number of ether oxygens (including phenoxy) is 1. The van der Waals surface area contributed by atoms with Crippen LogP contribution in [0.2, 0.25) is 0 Å². The van der Waals surface area contributed by atoms with Gasteiger partial charge < -0.3 is 14.7 Å². The molecule has 8 nitrogen and oxygen atoms in total. The van der Waals surface area contributed by atoms with Gasteiger partial charge in [-0.05, 0) is 23.9 Å². The lowest BCUT2D eigenvalue weighted by Crippen LogP contribution is -2.26. The SMILES string of the molecule is COc1cc([N+](=O)[O-])cc(/C=C2\C(=O)N(C)C(=S)N2C)c1[O-]. The molecule has 0 unspecified atom stereocenters. The molecule has 1 amide bonds. The molecule has 1 aliphatic rings. The van der Waals surface area contributed by atoms with E-state index in [1.807, 2.05) is 0 Å². The number of benzene rings is 1.